The van der Waals surface area contributed by atoms with Crippen molar-refractivity contribution in [3.8, 4) is 0 Å². The van der Waals surface area contributed by atoms with E-state index in [1.165, 1.54) is 0 Å². The van der Waals surface area contributed by atoms with E-state index in [1.807, 2.05) is 18.2 Å². The average molecular weight is 241 g/mol. The maximum absolute atomic E-state index is 5.93. The van der Waals surface area contributed by atoms with E-state index < -0.39 is 0 Å². The van der Waals surface area contributed by atoms with Gasteiger partial charge in [0.15, 0.2) is 5.11 Å². The van der Waals surface area contributed by atoms with Gasteiger partial charge in [0.05, 0.1) is 0 Å². The van der Waals surface area contributed by atoms with Crippen LogP contribution in [-0.4, -0.2) is 18.2 Å². The third-order valence-electron chi connectivity index (χ3n) is 2.53. The first-order valence-electron chi connectivity index (χ1n) is 5.00. The van der Waals surface area contributed by atoms with Crippen LogP contribution in [0.2, 0.25) is 5.02 Å². The summed E-state index contributed by atoms with van der Waals surface area (Å²) in [6.07, 6.45) is 1.11. The number of thiocarbonyl (C=S) groups is 1. The predicted molar refractivity (Wildman–Crippen MR) is 68.8 cm³/mol. The van der Waals surface area contributed by atoms with Gasteiger partial charge < -0.3 is 10.2 Å². The zero-order valence-corrected chi connectivity index (χ0v) is 10.2. The number of hydrogen-bond acceptors (Lipinski definition) is 1. The van der Waals surface area contributed by atoms with E-state index in [1.54, 1.807) is 0 Å². The molecule has 1 aromatic rings. The van der Waals surface area contributed by atoms with Crippen molar-refractivity contribution in [1.29, 1.82) is 0 Å². The monoisotopic (exact) mass is 240 g/mol. The van der Waals surface area contributed by atoms with Gasteiger partial charge in [-0.3, -0.25) is 0 Å². The zero-order valence-electron chi connectivity index (χ0n) is 8.59. The van der Waals surface area contributed by atoms with Gasteiger partial charge in [-0.15, -0.1) is 0 Å². The van der Waals surface area contributed by atoms with Crippen LogP contribution in [0.4, 0.5) is 5.69 Å². The van der Waals surface area contributed by atoms with Crippen LogP contribution in [0.1, 0.15) is 12.0 Å². The van der Waals surface area contributed by atoms with Crippen LogP contribution in [0.15, 0.2) is 18.2 Å². The summed E-state index contributed by atoms with van der Waals surface area (Å²) in [6, 6.07) is 5.90. The van der Waals surface area contributed by atoms with E-state index in [0.29, 0.717) is 0 Å². The van der Waals surface area contributed by atoms with Crippen LogP contribution in [0.5, 0.6) is 0 Å². The Morgan fingerprint density at radius 1 is 1.47 bits per heavy atom. The van der Waals surface area contributed by atoms with Gasteiger partial charge in [0.1, 0.15) is 0 Å². The van der Waals surface area contributed by atoms with Crippen molar-refractivity contribution in [1.82, 2.24) is 5.32 Å². The lowest BCUT2D eigenvalue weighted by Crippen LogP contribution is -2.46. The molecular weight excluding hydrogens is 228 g/mol. The minimum Gasteiger partial charge on any atom is -0.362 e. The second kappa shape index (κ2) is 4.37. The molecular formula is C11H13ClN2S. The number of benzene rings is 1. The number of anilines is 1. The molecule has 0 radical (unpaired) electrons. The molecule has 0 aliphatic carbocycles. The van der Waals surface area contributed by atoms with Gasteiger partial charge >= 0.3 is 0 Å². The SMILES string of the molecule is Cc1cc(Cl)ccc1N1CCCNC1=S. The van der Waals surface area contributed by atoms with Crippen molar-refractivity contribution in [3.63, 3.8) is 0 Å². The summed E-state index contributed by atoms with van der Waals surface area (Å²) in [6.45, 7) is 4.01. The summed E-state index contributed by atoms with van der Waals surface area (Å²) >= 11 is 11.2. The number of halogens is 1. The molecule has 1 saturated heterocycles. The third kappa shape index (κ3) is 2.24. The third-order valence-corrected chi connectivity index (χ3v) is 3.13. The molecule has 1 N–H and O–H groups in total. The molecule has 1 aromatic carbocycles. The second-order valence-corrected chi connectivity index (χ2v) is 4.49. The standard InChI is InChI=1S/C11H13ClN2S/c1-8-7-9(12)3-4-10(8)14-6-2-5-13-11(14)15/h3-4,7H,2,5-6H2,1H3,(H,13,15). The molecule has 0 aromatic heterocycles. The maximum Gasteiger partial charge on any atom is 0.173 e. The summed E-state index contributed by atoms with van der Waals surface area (Å²) in [5, 5.41) is 4.78. The van der Waals surface area contributed by atoms with Crippen molar-refractivity contribution < 1.29 is 0 Å². The van der Waals surface area contributed by atoms with Gasteiger partial charge in [0.25, 0.3) is 0 Å². The fourth-order valence-electron chi connectivity index (χ4n) is 1.78. The van der Waals surface area contributed by atoms with Crippen LogP contribution < -0.4 is 10.2 Å². The van der Waals surface area contributed by atoms with Crippen LogP contribution in [0, 0.1) is 6.92 Å². The summed E-state index contributed by atoms with van der Waals surface area (Å²) in [7, 11) is 0. The lowest BCUT2D eigenvalue weighted by Gasteiger charge is -2.31. The largest absolute Gasteiger partial charge is 0.362 e. The van der Waals surface area contributed by atoms with Crippen LogP contribution in [-0.2, 0) is 0 Å². The molecule has 1 fully saturated rings. The Bertz CT molecular complexity index is 392. The van der Waals surface area contributed by atoms with Gasteiger partial charge in [0.2, 0.25) is 0 Å². The Morgan fingerprint density at radius 2 is 2.27 bits per heavy atom. The maximum atomic E-state index is 5.93. The normalized spacial score (nSPS) is 16.4. The number of nitrogens with one attached hydrogen (secondary N) is 1. The van der Waals surface area contributed by atoms with Crippen LogP contribution in [0.3, 0.4) is 0 Å². The first-order valence-corrected chi connectivity index (χ1v) is 5.78. The predicted octanol–water partition coefficient (Wildman–Crippen LogP) is 2.73. The Hall–Kier alpha value is -0.800. The average Bonchev–Trinajstić information content (AvgIpc) is 2.20. The molecule has 0 saturated carbocycles. The zero-order chi connectivity index (χ0) is 10.8. The van der Waals surface area contributed by atoms with E-state index in [2.05, 4.69) is 17.1 Å². The minimum atomic E-state index is 0.770. The molecule has 0 spiro atoms. The van der Waals surface area contributed by atoms with E-state index in [0.717, 1.165) is 40.9 Å². The number of hydrogen-bond donors (Lipinski definition) is 1. The van der Waals surface area contributed by atoms with Crippen molar-refractivity contribution in [2.45, 2.75) is 13.3 Å². The Morgan fingerprint density at radius 3 is 2.93 bits per heavy atom. The first-order chi connectivity index (χ1) is 7.18. The molecule has 80 valence electrons. The van der Waals surface area contributed by atoms with Crippen molar-refractivity contribution >= 4 is 34.6 Å². The highest BCUT2D eigenvalue weighted by Gasteiger charge is 2.17. The lowest BCUT2D eigenvalue weighted by atomic mass is 10.1. The smallest absolute Gasteiger partial charge is 0.173 e. The molecule has 15 heavy (non-hydrogen) atoms. The Balaban J connectivity index is 2.31. The molecule has 4 heteroatoms. The van der Waals surface area contributed by atoms with Gasteiger partial charge in [-0.25, -0.2) is 0 Å². The van der Waals surface area contributed by atoms with E-state index in [9.17, 15) is 0 Å². The highest BCUT2D eigenvalue weighted by Crippen LogP contribution is 2.24. The molecule has 0 atom stereocenters. The van der Waals surface area contributed by atoms with Crippen LogP contribution in [0.25, 0.3) is 0 Å². The molecule has 0 bridgehead atoms. The Kier molecular flexibility index (Phi) is 3.12. The first kappa shape index (κ1) is 10.7. The molecule has 2 nitrogen and oxygen atoms in total. The van der Waals surface area contributed by atoms with E-state index in [4.69, 9.17) is 23.8 Å². The lowest BCUT2D eigenvalue weighted by molar-refractivity contribution is 0.722. The second-order valence-electron chi connectivity index (χ2n) is 3.67. The minimum absolute atomic E-state index is 0.770. The van der Waals surface area contributed by atoms with Crippen molar-refractivity contribution in [3.05, 3.63) is 28.8 Å². The molecule has 0 amide bonds. The summed E-state index contributed by atoms with van der Waals surface area (Å²) < 4.78 is 0. The summed E-state index contributed by atoms with van der Waals surface area (Å²) in [4.78, 5) is 2.13. The topological polar surface area (TPSA) is 15.3 Å². The van der Waals surface area contributed by atoms with Gasteiger partial charge in [0, 0.05) is 23.8 Å². The molecule has 1 aliphatic rings. The van der Waals surface area contributed by atoms with Crippen LogP contribution >= 0.6 is 23.8 Å². The fraction of sp³-hybridized carbons (Fsp3) is 0.364. The quantitative estimate of drug-likeness (QED) is 0.760. The number of rotatable bonds is 1. The number of aryl methyl sites for hydroxylation is 1. The van der Waals surface area contributed by atoms with Gasteiger partial charge in [-0.05, 0) is 49.3 Å². The van der Waals surface area contributed by atoms with Gasteiger partial charge in [-0.2, -0.15) is 0 Å². The van der Waals surface area contributed by atoms with Crippen molar-refractivity contribution in [2.75, 3.05) is 18.0 Å². The molecule has 1 aliphatic heterocycles. The van der Waals surface area contributed by atoms with E-state index >= 15 is 0 Å². The number of nitrogens with zero attached hydrogens (tertiary/aromatic N) is 1. The summed E-state index contributed by atoms with van der Waals surface area (Å²) in [5.74, 6) is 0. The highest BCUT2D eigenvalue weighted by atomic mass is 35.5. The van der Waals surface area contributed by atoms with Gasteiger partial charge in [-0.1, -0.05) is 11.6 Å². The van der Waals surface area contributed by atoms with E-state index in [-0.39, 0.29) is 0 Å². The molecule has 2 rings (SSSR count). The molecule has 1 heterocycles. The molecule has 0 unspecified atom stereocenters. The fourth-order valence-corrected chi connectivity index (χ4v) is 2.30. The summed E-state index contributed by atoms with van der Waals surface area (Å²) in [5.41, 5.74) is 2.31. The van der Waals surface area contributed by atoms with Crippen molar-refractivity contribution in [2.24, 2.45) is 0 Å². The highest BCUT2D eigenvalue weighted by molar-refractivity contribution is 7.80. The Labute approximate surface area is 100 Å².